The molecule has 0 heterocycles. The Morgan fingerprint density at radius 2 is 0.480 bits per heavy atom. The number of hydrogen-bond donors (Lipinski definition) is 1. The van der Waals surface area contributed by atoms with Crippen molar-refractivity contribution in [2.75, 3.05) is 39.6 Å². The van der Waals surface area contributed by atoms with Crippen LogP contribution in [0, 0.1) is 0 Å². The summed E-state index contributed by atoms with van der Waals surface area (Å²) in [5.41, 5.74) is 0. The lowest BCUT2D eigenvalue weighted by molar-refractivity contribution is -0.233. The van der Waals surface area contributed by atoms with E-state index in [9.17, 15) is 43.2 Å². The van der Waals surface area contributed by atoms with E-state index in [1.165, 1.54) is 167 Å². The zero-order valence-electron chi connectivity index (χ0n) is 62.9. The van der Waals surface area contributed by atoms with Crippen molar-refractivity contribution >= 4 is 39.5 Å². The van der Waals surface area contributed by atoms with Crippen LogP contribution in [-0.2, 0) is 65.4 Å². The molecule has 0 amide bonds. The molecule has 0 aliphatic carbocycles. The van der Waals surface area contributed by atoms with Crippen molar-refractivity contribution in [1.29, 1.82) is 0 Å². The van der Waals surface area contributed by atoms with Crippen LogP contribution in [0.15, 0.2) is 36.5 Å². The van der Waals surface area contributed by atoms with Crippen LogP contribution in [0.5, 0.6) is 0 Å². The number of phosphoric acid groups is 2. The molecule has 98 heavy (non-hydrogen) atoms. The van der Waals surface area contributed by atoms with E-state index in [1.54, 1.807) is 0 Å². The van der Waals surface area contributed by atoms with Crippen molar-refractivity contribution in [2.24, 2.45) is 0 Å². The molecule has 0 rings (SSSR count). The minimum absolute atomic E-state index is 0.0691. The SMILES string of the molecule is CCCCCCCC/C=C\CCCCCCCC(=O)OC[C@H](COP(=O)([O-])OCC(O)COP(=O)([O-])OC[C@@H](COC(=O)CCCCCCC/C=C\CCCCCCCC)OC(=O)CCCCCCCCCCCCCCC)OC(=O)CCCCCCC/C=C\CCCCCCCC. The van der Waals surface area contributed by atoms with E-state index in [-0.39, 0.29) is 25.7 Å². The van der Waals surface area contributed by atoms with Crippen LogP contribution < -0.4 is 9.79 Å². The second-order valence-corrected chi connectivity index (χ2v) is 30.1. The molecule has 0 aromatic rings. The number of esters is 4. The predicted molar refractivity (Wildman–Crippen MR) is 395 cm³/mol. The highest BCUT2D eigenvalue weighted by molar-refractivity contribution is 7.46. The molecule has 0 aromatic heterocycles. The van der Waals surface area contributed by atoms with Gasteiger partial charge in [0.15, 0.2) is 12.2 Å². The highest BCUT2D eigenvalue weighted by atomic mass is 31.2. The number of carbonyl (C=O) groups excluding carboxylic acids is 4. The molecule has 1 N–H and O–H groups in total. The average molecular weight is 1430 g/mol. The van der Waals surface area contributed by atoms with Crippen molar-refractivity contribution < 1.29 is 80.2 Å². The number of phosphoric ester groups is 2. The van der Waals surface area contributed by atoms with Gasteiger partial charge in [-0.3, -0.25) is 28.3 Å². The molecular formula is C79H146O17P2-2. The van der Waals surface area contributed by atoms with Crippen LogP contribution in [-0.4, -0.2) is 86.9 Å². The number of aliphatic hydroxyl groups excluding tert-OH is 1. The summed E-state index contributed by atoms with van der Waals surface area (Å²) in [6.07, 6.45) is 67.6. The van der Waals surface area contributed by atoms with E-state index in [0.717, 1.165) is 141 Å². The van der Waals surface area contributed by atoms with Crippen LogP contribution in [0.3, 0.4) is 0 Å². The second-order valence-electron chi connectivity index (χ2n) is 27.3. The molecule has 0 bridgehead atoms. The molecule has 0 aliphatic rings. The maximum Gasteiger partial charge on any atom is 0.306 e. The molecule has 3 unspecified atom stereocenters. The van der Waals surface area contributed by atoms with Crippen LogP contribution in [0.2, 0.25) is 0 Å². The Morgan fingerprint density at radius 1 is 0.286 bits per heavy atom. The predicted octanol–water partition coefficient (Wildman–Crippen LogP) is 21.9. The normalized spacial score (nSPS) is 14.1. The summed E-state index contributed by atoms with van der Waals surface area (Å²) in [6, 6.07) is 0. The zero-order valence-corrected chi connectivity index (χ0v) is 64.7. The smallest absolute Gasteiger partial charge is 0.306 e. The third-order valence-corrected chi connectivity index (χ3v) is 19.4. The van der Waals surface area contributed by atoms with E-state index in [1.807, 2.05) is 0 Å². The zero-order chi connectivity index (χ0) is 71.8. The van der Waals surface area contributed by atoms with Crippen molar-refractivity contribution in [3.05, 3.63) is 36.5 Å². The fourth-order valence-corrected chi connectivity index (χ4v) is 12.9. The van der Waals surface area contributed by atoms with Gasteiger partial charge in [0, 0.05) is 25.7 Å². The Bertz CT molecular complexity index is 2000. The highest BCUT2D eigenvalue weighted by Gasteiger charge is 2.25. The van der Waals surface area contributed by atoms with Crippen LogP contribution in [0.25, 0.3) is 0 Å². The van der Waals surface area contributed by atoms with Gasteiger partial charge in [0.1, 0.15) is 19.3 Å². The first-order valence-corrected chi connectivity index (χ1v) is 43.1. The molecule has 19 heteroatoms. The van der Waals surface area contributed by atoms with E-state index >= 15 is 0 Å². The molecule has 0 saturated heterocycles. The molecule has 576 valence electrons. The summed E-state index contributed by atoms with van der Waals surface area (Å²) in [7, 11) is -10.5. The quantitative estimate of drug-likeness (QED) is 0.0196. The third-order valence-electron chi connectivity index (χ3n) is 17.6. The monoisotopic (exact) mass is 1430 g/mol. The number of aliphatic hydroxyl groups is 1. The van der Waals surface area contributed by atoms with E-state index in [0.29, 0.717) is 25.7 Å². The number of ether oxygens (including phenoxy) is 4. The molecule has 0 fully saturated rings. The summed E-state index contributed by atoms with van der Waals surface area (Å²) in [4.78, 5) is 77.6. The highest BCUT2D eigenvalue weighted by Crippen LogP contribution is 2.41. The number of hydrogen-bond acceptors (Lipinski definition) is 17. The van der Waals surface area contributed by atoms with Gasteiger partial charge in [0.05, 0.1) is 26.4 Å². The summed E-state index contributed by atoms with van der Waals surface area (Å²) in [5, 5.41) is 10.6. The topological polar surface area (TPSA) is 243 Å². The van der Waals surface area contributed by atoms with Gasteiger partial charge in [-0.2, -0.15) is 0 Å². The molecule has 0 aliphatic heterocycles. The van der Waals surface area contributed by atoms with Crippen molar-refractivity contribution in [1.82, 2.24) is 0 Å². The summed E-state index contributed by atoms with van der Waals surface area (Å²) in [6.45, 7) is 4.52. The maximum absolute atomic E-state index is 13.0. The fourth-order valence-electron chi connectivity index (χ4n) is 11.4. The van der Waals surface area contributed by atoms with Crippen LogP contribution in [0.1, 0.15) is 387 Å². The number of unbranched alkanes of at least 4 members (excludes halogenated alkanes) is 45. The standard InChI is InChI=1S/C79H148O17P2/c1-5-9-13-17-21-25-29-33-36-40-43-47-51-55-59-63-76(81)89-69-74(95-78(83)65-61-57-53-49-45-39-32-28-24-20-16-12-8-4)71-93-97(85,86)91-67-73(80)68-92-98(87,88)94-72-75(96-79(84)66-62-58-54-50-46-42-38-35-31-27-23-19-15-11-7-3)70-90-77(82)64-60-56-52-48-44-41-37-34-30-26-22-18-14-10-6-2/h33-38,73-75,80H,5-32,39-72H2,1-4H3,(H,85,86)(H,87,88)/p-2/b36-33-,37-34-,38-35-/t73?,74-,75-/m1/s1. The number of allylic oxidation sites excluding steroid dienone is 6. The Labute approximate surface area is 598 Å². The van der Waals surface area contributed by atoms with Gasteiger partial charge in [-0.1, -0.05) is 295 Å². The minimum atomic E-state index is -5.23. The maximum atomic E-state index is 13.0. The molecule has 0 saturated carbocycles. The first kappa shape index (κ1) is 95.3. The van der Waals surface area contributed by atoms with Gasteiger partial charge in [0.2, 0.25) is 0 Å². The number of rotatable bonds is 77. The fraction of sp³-hybridized carbons (Fsp3) is 0.873. The first-order valence-electron chi connectivity index (χ1n) is 40.2. The molecule has 0 aromatic carbocycles. The molecule has 0 radical (unpaired) electrons. The Hall–Kier alpha value is -2.72. The Balaban J connectivity index is 5.32. The Kier molecular flexibility index (Phi) is 70.6. The summed E-state index contributed by atoms with van der Waals surface area (Å²) >= 11 is 0. The van der Waals surface area contributed by atoms with E-state index < -0.39 is 97.5 Å². The lowest BCUT2D eigenvalue weighted by Crippen LogP contribution is -2.31. The van der Waals surface area contributed by atoms with Crippen LogP contribution >= 0.6 is 15.6 Å². The van der Waals surface area contributed by atoms with Gasteiger partial charge < -0.3 is 51.9 Å². The lowest BCUT2D eigenvalue weighted by atomic mass is 10.0. The van der Waals surface area contributed by atoms with Gasteiger partial charge >= 0.3 is 23.9 Å². The number of carbonyl (C=O) groups is 4. The second kappa shape index (κ2) is 72.6. The summed E-state index contributed by atoms with van der Waals surface area (Å²) in [5.74, 6) is -2.25. The molecular weight excluding hydrogens is 1280 g/mol. The van der Waals surface area contributed by atoms with Crippen molar-refractivity contribution in [2.45, 2.75) is 406 Å². The first-order chi connectivity index (χ1) is 47.7. The summed E-state index contributed by atoms with van der Waals surface area (Å²) < 4.78 is 67.7. The lowest BCUT2D eigenvalue weighted by Gasteiger charge is -2.28. The van der Waals surface area contributed by atoms with Gasteiger partial charge in [-0.15, -0.1) is 0 Å². The van der Waals surface area contributed by atoms with E-state index in [2.05, 4.69) is 64.2 Å². The molecule has 5 atom stereocenters. The van der Waals surface area contributed by atoms with Crippen molar-refractivity contribution in [3.8, 4) is 0 Å². The third kappa shape index (κ3) is 71.7. The van der Waals surface area contributed by atoms with Crippen molar-refractivity contribution in [3.63, 3.8) is 0 Å². The largest absolute Gasteiger partial charge is 0.756 e. The minimum Gasteiger partial charge on any atom is -0.756 e. The molecule has 0 spiro atoms. The van der Waals surface area contributed by atoms with Gasteiger partial charge in [-0.25, -0.2) is 0 Å². The van der Waals surface area contributed by atoms with Crippen LogP contribution in [0.4, 0.5) is 0 Å². The molecule has 17 nitrogen and oxygen atoms in total. The average Bonchev–Trinajstić information content (AvgIpc) is 1.04. The van der Waals surface area contributed by atoms with E-state index in [4.69, 9.17) is 37.0 Å². The van der Waals surface area contributed by atoms with Gasteiger partial charge in [-0.05, 0) is 103 Å². The van der Waals surface area contributed by atoms with Gasteiger partial charge in [0.25, 0.3) is 15.6 Å². The Morgan fingerprint density at radius 3 is 0.714 bits per heavy atom.